The minimum atomic E-state index is -1.06. The minimum absolute atomic E-state index is 0.0258. The first-order valence-corrected chi connectivity index (χ1v) is 8.57. The molecule has 0 saturated carbocycles. The number of rotatable bonds is 5. The van der Waals surface area contributed by atoms with Gasteiger partial charge in [0.2, 0.25) is 5.82 Å². The number of aromatic nitrogens is 4. The zero-order valence-electron chi connectivity index (χ0n) is 14.4. The second-order valence-corrected chi connectivity index (χ2v) is 6.51. The Labute approximate surface area is 165 Å². The maximum absolute atomic E-state index is 14.3. The third-order valence-corrected chi connectivity index (χ3v) is 4.42. The van der Waals surface area contributed by atoms with Gasteiger partial charge in [-0.15, -0.1) is 0 Å². The minimum Gasteiger partial charge on any atom is -0.481 e. The third kappa shape index (κ3) is 3.66. The van der Waals surface area contributed by atoms with E-state index < -0.39 is 23.4 Å². The lowest BCUT2D eigenvalue weighted by Crippen LogP contribution is -2.00. The lowest BCUT2D eigenvalue weighted by Gasteiger charge is -2.05. The fourth-order valence-electron chi connectivity index (χ4n) is 2.76. The number of imidazole rings is 1. The number of hydrogen-bond acceptors (Lipinski definition) is 5. The molecular weight excluding hydrogens is 413 g/mol. The Morgan fingerprint density at radius 3 is 2.69 bits per heavy atom. The predicted octanol–water partition coefficient (Wildman–Crippen LogP) is 4.14. The summed E-state index contributed by atoms with van der Waals surface area (Å²) in [6, 6.07) is 3.07. The van der Waals surface area contributed by atoms with Crippen LogP contribution in [0.2, 0.25) is 5.02 Å². The van der Waals surface area contributed by atoms with Crippen molar-refractivity contribution in [3.8, 4) is 23.0 Å². The average Bonchev–Trinajstić information content (AvgIpc) is 3.28. The summed E-state index contributed by atoms with van der Waals surface area (Å²) in [7, 11) is 0. The number of aryl methyl sites for hydroxylation is 1. The quantitative estimate of drug-likeness (QED) is 0.519. The van der Waals surface area contributed by atoms with E-state index in [9.17, 15) is 18.0 Å². The van der Waals surface area contributed by atoms with Gasteiger partial charge in [-0.25, -0.2) is 18.2 Å². The van der Waals surface area contributed by atoms with Gasteiger partial charge in [0.05, 0.1) is 5.02 Å². The van der Waals surface area contributed by atoms with E-state index in [2.05, 4.69) is 15.1 Å². The summed E-state index contributed by atoms with van der Waals surface area (Å²) in [6.07, 6.45) is 2.07. The van der Waals surface area contributed by atoms with E-state index in [1.165, 1.54) is 12.3 Å². The van der Waals surface area contributed by atoms with Crippen molar-refractivity contribution in [3.05, 3.63) is 58.6 Å². The van der Waals surface area contributed by atoms with Crippen LogP contribution in [0.1, 0.15) is 12.0 Å². The molecule has 0 amide bonds. The van der Waals surface area contributed by atoms with E-state index in [0.717, 1.165) is 16.7 Å². The molecule has 0 radical (unpaired) electrons. The van der Waals surface area contributed by atoms with Gasteiger partial charge in [0, 0.05) is 30.4 Å². The normalized spacial score (nSPS) is 11.3. The summed E-state index contributed by atoms with van der Waals surface area (Å²) in [4.78, 5) is 18.7. The van der Waals surface area contributed by atoms with Crippen LogP contribution in [-0.4, -0.2) is 30.6 Å². The van der Waals surface area contributed by atoms with Crippen molar-refractivity contribution in [1.82, 2.24) is 19.5 Å². The van der Waals surface area contributed by atoms with Crippen LogP contribution < -0.4 is 0 Å². The standard InChI is InChI=1S/C18H10ClF3N4O3/c19-11-3-8(1-2-15(27)28)12(21)5-10(11)16-24-18(29-25-16)14-7-26-6-9(20)4-13(22)17(26)23-14/h3-7H,1-2H2,(H,27,28). The molecule has 0 aliphatic rings. The molecule has 11 heteroatoms. The Balaban J connectivity index is 1.68. The highest BCUT2D eigenvalue weighted by atomic mass is 35.5. The molecule has 0 aliphatic carbocycles. The van der Waals surface area contributed by atoms with Gasteiger partial charge >= 0.3 is 5.97 Å². The fourth-order valence-corrected chi connectivity index (χ4v) is 3.03. The highest BCUT2D eigenvalue weighted by molar-refractivity contribution is 6.33. The molecule has 1 aromatic carbocycles. The average molecular weight is 423 g/mol. The molecule has 7 nitrogen and oxygen atoms in total. The van der Waals surface area contributed by atoms with Crippen LogP contribution in [0, 0.1) is 17.5 Å². The van der Waals surface area contributed by atoms with Crippen LogP contribution in [0.5, 0.6) is 0 Å². The Hall–Kier alpha value is -3.40. The number of carbonyl (C=O) groups is 1. The van der Waals surface area contributed by atoms with Crippen molar-refractivity contribution in [1.29, 1.82) is 0 Å². The number of aliphatic carboxylic acids is 1. The molecule has 148 valence electrons. The Kier molecular flexibility index (Phi) is 4.71. The third-order valence-electron chi connectivity index (χ3n) is 4.10. The van der Waals surface area contributed by atoms with Crippen molar-refractivity contribution in [2.24, 2.45) is 0 Å². The van der Waals surface area contributed by atoms with Gasteiger partial charge in [-0.1, -0.05) is 16.8 Å². The van der Waals surface area contributed by atoms with Crippen LogP contribution in [0.25, 0.3) is 28.6 Å². The first-order valence-electron chi connectivity index (χ1n) is 8.19. The first-order chi connectivity index (χ1) is 13.8. The molecule has 0 unspecified atom stereocenters. The summed E-state index contributed by atoms with van der Waals surface area (Å²) < 4.78 is 47.7. The number of fused-ring (bicyclic) bond motifs is 1. The first kappa shape index (κ1) is 18.9. The van der Waals surface area contributed by atoms with Crippen molar-refractivity contribution in [2.75, 3.05) is 0 Å². The molecule has 0 saturated heterocycles. The van der Waals surface area contributed by atoms with Crippen LogP contribution in [0.15, 0.2) is 35.1 Å². The maximum Gasteiger partial charge on any atom is 0.303 e. The highest BCUT2D eigenvalue weighted by Gasteiger charge is 2.19. The topological polar surface area (TPSA) is 93.5 Å². The summed E-state index contributed by atoms with van der Waals surface area (Å²) in [6.45, 7) is 0. The molecule has 4 aromatic rings. The summed E-state index contributed by atoms with van der Waals surface area (Å²) in [5, 5.41) is 12.6. The zero-order valence-corrected chi connectivity index (χ0v) is 15.1. The smallest absolute Gasteiger partial charge is 0.303 e. The molecule has 1 N–H and O–H groups in total. The van der Waals surface area contributed by atoms with Crippen molar-refractivity contribution < 1.29 is 27.6 Å². The van der Waals surface area contributed by atoms with Gasteiger partial charge in [-0.05, 0) is 24.1 Å². The highest BCUT2D eigenvalue weighted by Crippen LogP contribution is 2.31. The van der Waals surface area contributed by atoms with Crippen LogP contribution in [0.4, 0.5) is 13.2 Å². The Bertz CT molecular complexity index is 1250. The molecular formula is C18H10ClF3N4O3. The number of nitrogens with zero attached hydrogens (tertiary/aromatic N) is 4. The molecule has 3 aromatic heterocycles. The second-order valence-electron chi connectivity index (χ2n) is 6.10. The molecule has 0 atom stereocenters. The van der Waals surface area contributed by atoms with Crippen LogP contribution >= 0.6 is 11.6 Å². The van der Waals surface area contributed by atoms with Gasteiger partial charge in [0.1, 0.15) is 17.3 Å². The number of benzene rings is 1. The van der Waals surface area contributed by atoms with E-state index in [1.807, 2.05) is 0 Å². The summed E-state index contributed by atoms with van der Waals surface area (Å²) >= 11 is 6.16. The van der Waals surface area contributed by atoms with E-state index >= 15 is 0 Å². The molecule has 0 spiro atoms. The fraction of sp³-hybridized carbons (Fsp3) is 0.111. The predicted molar refractivity (Wildman–Crippen MR) is 94.8 cm³/mol. The Morgan fingerprint density at radius 2 is 1.93 bits per heavy atom. The molecule has 0 bridgehead atoms. The van der Waals surface area contributed by atoms with Crippen molar-refractivity contribution >= 4 is 23.2 Å². The van der Waals surface area contributed by atoms with Crippen molar-refractivity contribution in [2.45, 2.75) is 12.8 Å². The van der Waals surface area contributed by atoms with Crippen LogP contribution in [0.3, 0.4) is 0 Å². The molecule has 29 heavy (non-hydrogen) atoms. The van der Waals surface area contributed by atoms with Crippen LogP contribution in [-0.2, 0) is 11.2 Å². The number of halogens is 4. The lowest BCUT2D eigenvalue weighted by atomic mass is 10.1. The number of carboxylic acid groups (broad SMARTS) is 1. The summed E-state index contributed by atoms with van der Waals surface area (Å²) in [5.41, 5.74) is 0.220. The number of carboxylic acids is 1. The van der Waals surface area contributed by atoms with Gasteiger partial charge in [-0.3, -0.25) is 4.79 Å². The van der Waals surface area contributed by atoms with E-state index in [-0.39, 0.29) is 52.0 Å². The Morgan fingerprint density at radius 1 is 1.14 bits per heavy atom. The maximum atomic E-state index is 14.3. The van der Waals surface area contributed by atoms with Gasteiger partial charge in [-0.2, -0.15) is 4.98 Å². The van der Waals surface area contributed by atoms with Gasteiger partial charge in [0.15, 0.2) is 11.5 Å². The van der Waals surface area contributed by atoms with E-state index in [4.69, 9.17) is 21.2 Å². The molecule has 3 heterocycles. The molecule has 0 fully saturated rings. The largest absolute Gasteiger partial charge is 0.481 e. The van der Waals surface area contributed by atoms with E-state index in [1.54, 1.807) is 0 Å². The number of hydrogen-bond donors (Lipinski definition) is 1. The van der Waals surface area contributed by atoms with Gasteiger partial charge in [0.25, 0.3) is 5.89 Å². The lowest BCUT2D eigenvalue weighted by molar-refractivity contribution is -0.136. The second kappa shape index (κ2) is 7.21. The molecule has 0 aliphatic heterocycles. The monoisotopic (exact) mass is 422 g/mol. The SMILES string of the molecule is O=C(O)CCc1cc(Cl)c(-c2noc(-c3cn4cc(F)cc(F)c4n3)n2)cc1F. The van der Waals surface area contributed by atoms with E-state index in [0.29, 0.717) is 6.07 Å². The summed E-state index contributed by atoms with van der Waals surface area (Å²) in [5.74, 6) is -3.51. The molecule has 4 rings (SSSR count). The van der Waals surface area contributed by atoms with Gasteiger partial charge < -0.3 is 14.0 Å². The van der Waals surface area contributed by atoms with Crippen molar-refractivity contribution in [3.63, 3.8) is 0 Å². The number of pyridine rings is 1. The zero-order chi connectivity index (χ0) is 20.7.